The molecule has 0 saturated heterocycles. The molecule has 1 aliphatic rings. The number of fused-ring (bicyclic) bond motifs is 3. The van der Waals surface area contributed by atoms with E-state index in [0.29, 0.717) is 24.3 Å². The Hall–Kier alpha value is -2.68. The van der Waals surface area contributed by atoms with Crippen molar-refractivity contribution < 1.29 is 0 Å². The fourth-order valence-corrected chi connectivity index (χ4v) is 3.06. The van der Waals surface area contributed by atoms with Crippen LogP contribution in [0.1, 0.15) is 11.1 Å². The molecule has 0 aliphatic carbocycles. The largest absolute Gasteiger partial charge is 0.359 e. The first-order valence-corrected chi connectivity index (χ1v) is 6.96. The maximum atomic E-state index is 12.0. The predicted octanol–water partition coefficient (Wildman–Crippen LogP) is 2.47. The van der Waals surface area contributed by atoms with Crippen molar-refractivity contribution in [3.63, 3.8) is 0 Å². The normalized spacial score (nSPS) is 13.0. The minimum Gasteiger partial charge on any atom is -0.359 e. The zero-order valence-corrected chi connectivity index (χ0v) is 11.4. The van der Waals surface area contributed by atoms with E-state index in [-0.39, 0.29) is 10.9 Å². The molecule has 3 aromatic rings. The van der Waals surface area contributed by atoms with Crippen molar-refractivity contribution in [2.75, 3.05) is 4.90 Å². The van der Waals surface area contributed by atoms with Gasteiger partial charge in [-0.15, -0.1) is 0 Å². The van der Waals surface area contributed by atoms with Crippen LogP contribution in [-0.4, -0.2) is 0 Å². The van der Waals surface area contributed by atoms with Gasteiger partial charge in [-0.25, -0.2) is 0 Å². The number of hydrogen-bond donors (Lipinski definition) is 0. The molecule has 0 radical (unpaired) electrons. The van der Waals surface area contributed by atoms with Crippen molar-refractivity contribution in [2.24, 2.45) is 0 Å². The van der Waals surface area contributed by atoms with Crippen LogP contribution in [-0.2, 0) is 13.1 Å². The number of rotatable bonds is 2. The first-order chi connectivity index (χ1) is 10.3. The average Bonchev–Trinajstić information content (AvgIpc) is 2.53. The summed E-state index contributed by atoms with van der Waals surface area (Å²) in [5.74, 6) is 0. The van der Waals surface area contributed by atoms with Gasteiger partial charge in [0.25, 0.3) is 0 Å². The molecule has 21 heavy (non-hydrogen) atoms. The highest BCUT2D eigenvalue weighted by atomic mass is 16.2. The minimum atomic E-state index is -0.352. The highest BCUT2D eigenvalue weighted by Gasteiger charge is 2.32. The van der Waals surface area contributed by atoms with Crippen molar-refractivity contribution >= 4 is 5.69 Å². The standard InChI is InChI=1S/C18H13NO2/c20-17-15-14-9-5-4-8-13(14)11-19(16(15)18(17)21)10-12-6-2-1-3-7-12/h1-9H,10-11H2. The SMILES string of the molecule is O=c1c2c(c1=O)N(Cc1ccccc1)Cc1ccccc1-2. The maximum absolute atomic E-state index is 12.0. The Kier molecular flexibility index (Phi) is 2.54. The van der Waals surface area contributed by atoms with Crippen molar-refractivity contribution in [1.82, 2.24) is 0 Å². The molecule has 0 aromatic heterocycles. The number of nitrogens with zero attached hydrogens (tertiary/aromatic N) is 1. The monoisotopic (exact) mass is 275 g/mol. The molecule has 1 aliphatic heterocycles. The third kappa shape index (κ3) is 1.74. The van der Waals surface area contributed by atoms with E-state index in [1.165, 1.54) is 0 Å². The molecule has 4 rings (SSSR count). The summed E-state index contributed by atoms with van der Waals surface area (Å²) in [5, 5.41) is 0. The van der Waals surface area contributed by atoms with Gasteiger partial charge in [0.2, 0.25) is 10.9 Å². The van der Waals surface area contributed by atoms with Gasteiger partial charge in [-0.05, 0) is 16.7 Å². The second-order valence-corrected chi connectivity index (χ2v) is 5.38. The first-order valence-electron chi connectivity index (χ1n) is 6.96. The molecule has 0 N–H and O–H groups in total. The summed E-state index contributed by atoms with van der Waals surface area (Å²) < 4.78 is 0. The number of anilines is 1. The van der Waals surface area contributed by atoms with E-state index in [9.17, 15) is 9.59 Å². The van der Waals surface area contributed by atoms with E-state index < -0.39 is 0 Å². The smallest absolute Gasteiger partial charge is 0.250 e. The van der Waals surface area contributed by atoms with Crippen LogP contribution in [0.25, 0.3) is 11.1 Å². The summed E-state index contributed by atoms with van der Waals surface area (Å²) >= 11 is 0. The maximum Gasteiger partial charge on any atom is 0.250 e. The fraction of sp³-hybridized carbons (Fsp3) is 0.111. The Labute approximate surface area is 121 Å². The van der Waals surface area contributed by atoms with Crippen LogP contribution in [0.2, 0.25) is 0 Å². The molecule has 0 spiro atoms. The second kappa shape index (κ2) is 4.42. The zero-order valence-electron chi connectivity index (χ0n) is 11.4. The van der Waals surface area contributed by atoms with Crippen LogP contribution in [0.15, 0.2) is 64.2 Å². The average molecular weight is 275 g/mol. The highest BCUT2D eigenvalue weighted by Crippen LogP contribution is 2.36. The van der Waals surface area contributed by atoms with Crippen LogP contribution in [0.5, 0.6) is 0 Å². The lowest BCUT2D eigenvalue weighted by Gasteiger charge is -2.33. The Balaban J connectivity index is 1.80. The quantitative estimate of drug-likeness (QED) is 0.674. The summed E-state index contributed by atoms with van der Waals surface area (Å²) in [5.41, 5.74) is 3.64. The lowest BCUT2D eigenvalue weighted by atomic mass is 9.89. The van der Waals surface area contributed by atoms with Gasteiger partial charge < -0.3 is 4.90 Å². The van der Waals surface area contributed by atoms with Gasteiger partial charge in [0, 0.05) is 13.1 Å². The van der Waals surface area contributed by atoms with Gasteiger partial charge in [0.1, 0.15) is 5.69 Å². The van der Waals surface area contributed by atoms with E-state index in [1.807, 2.05) is 59.5 Å². The topological polar surface area (TPSA) is 37.4 Å². The Morgan fingerprint density at radius 3 is 2.38 bits per heavy atom. The molecule has 0 unspecified atom stereocenters. The Morgan fingerprint density at radius 1 is 0.857 bits per heavy atom. The molecule has 1 heterocycles. The summed E-state index contributed by atoms with van der Waals surface area (Å²) in [6.07, 6.45) is 0. The summed E-state index contributed by atoms with van der Waals surface area (Å²) in [4.78, 5) is 25.9. The molecular formula is C18H13NO2. The molecular weight excluding hydrogens is 262 g/mol. The molecule has 3 heteroatoms. The summed E-state index contributed by atoms with van der Waals surface area (Å²) in [6.45, 7) is 1.32. The second-order valence-electron chi connectivity index (χ2n) is 5.38. The van der Waals surface area contributed by atoms with E-state index in [0.717, 1.165) is 16.7 Å². The lowest BCUT2D eigenvalue weighted by Crippen LogP contribution is -2.44. The van der Waals surface area contributed by atoms with Gasteiger partial charge in [-0.2, -0.15) is 0 Å². The van der Waals surface area contributed by atoms with Crippen molar-refractivity contribution in [1.29, 1.82) is 0 Å². The molecule has 0 bridgehead atoms. The van der Waals surface area contributed by atoms with E-state index >= 15 is 0 Å². The van der Waals surface area contributed by atoms with Crippen LogP contribution in [0, 0.1) is 0 Å². The van der Waals surface area contributed by atoms with Crippen LogP contribution in [0.3, 0.4) is 0 Å². The molecule has 102 valence electrons. The molecule has 0 saturated carbocycles. The van der Waals surface area contributed by atoms with E-state index in [2.05, 4.69) is 0 Å². The van der Waals surface area contributed by atoms with E-state index in [4.69, 9.17) is 0 Å². The van der Waals surface area contributed by atoms with Crippen molar-refractivity contribution in [3.05, 3.63) is 86.2 Å². The fourth-order valence-electron chi connectivity index (χ4n) is 3.06. The molecule has 0 fully saturated rings. The van der Waals surface area contributed by atoms with Crippen molar-refractivity contribution in [3.8, 4) is 11.1 Å². The molecule has 0 amide bonds. The minimum absolute atomic E-state index is 0.351. The van der Waals surface area contributed by atoms with Crippen LogP contribution in [0.4, 0.5) is 5.69 Å². The molecule has 3 nitrogen and oxygen atoms in total. The lowest BCUT2D eigenvalue weighted by molar-refractivity contribution is 0.781. The van der Waals surface area contributed by atoms with E-state index in [1.54, 1.807) is 0 Å². The number of benzene rings is 2. The molecule has 3 aromatic carbocycles. The number of hydrogen-bond acceptors (Lipinski definition) is 3. The van der Waals surface area contributed by atoms with Gasteiger partial charge in [-0.3, -0.25) is 9.59 Å². The third-order valence-corrected chi connectivity index (χ3v) is 4.07. The third-order valence-electron chi connectivity index (χ3n) is 4.07. The highest BCUT2D eigenvalue weighted by molar-refractivity contribution is 5.87. The van der Waals surface area contributed by atoms with Gasteiger partial charge in [0.05, 0.1) is 5.56 Å². The molecule has 0 atom stereocenters. The zero-order chi connectivity index (χ0) is 14.4. The summed E-state index contributed by atoms with van der Waals surface area (Å²) in [6, 6.07) is 17.8. The van der Waals surface area contributed by atoms with Gasteiger partial charge in [0.15, 0.2) is 0 Å². The first kappa shape index (κ1) is 12.1. The van der Waals surface area contributed by atoms with Gasteiger partial charge >= 0.3 is 0 Å². The summed E-state index contributed by atoms with van der Waals surface area (Å²) in [7, 11) is 0. The predicted molar refractivity (Wildman–Crippen MR) is 83.1 cm³/mol. The Bertz CT molecular complexity index is 887. The van der Waals surface area contributed by atoms with Gasteiger partial charge in [-0.1, -0.05) is 54.6 Å². The van der Waals surface area contributed by atoms with Crippen LogP contribution >= 0.6 is 0 Å². The van der Waals surface area contributed by atoms with Crippen LogP contribution < -0.4 is 15.8 Å². The Morgan fingerprint density at radius 2 is 1.57 bits per heavy atom. The van der Waals surface area contributed by atoms with Crippen molar-refractivity contribution in [2.45, 2.75) is 13.1 Å².